The number of aliphatic hydroxyl groups excluding tert-OH is 2. The van der Waals surface area contributed by atoms with Gasteiger partial charge in [-0.2, -0.15) is 0 Å². The molecule has 3 rings (SSSR count). The van der Waals surface area contributed by atoms with Gasteiger partial charge < -0.3 is 24.4 Å². The summed E-state index contributed by atoms with van der Waals surface area (Å²) in [5, 5.41) is 19.8. The van der Waals surface area contributed by atoms with Crippen LogP contribution in [-0.4, -0.2) is 88.1 Å². The summed E-state index contributed by atoms with van der Waals surface area (Å²) in [6.45, 7) is 4.04. The van der Waals surface area contributed by atoms with E-state index in [4.69, 9.17) is 4.74 Å². The molecule has 1 amide bonds. The van der Waals surface area contributed by atoms with Crippen molar-refractivity contribution in [3.63, 3.8) is 0 Å². The molecule has 0 aliphatic carbocycles. The monoisotopic (exact) mass is 323 g/mol. The van der Waals surface area contributed by atoms with Gasteiger partial charge in [0.15, 0.2) is 0 Å². The number of aliphatic hydroxyl groups is 2. The lowest BCUT2D eigenvalue weighted by Gasteiger charge is -2.43. The van der Waals surface area contributed by atoms with E-state index in [0.29, 0.717) is 45.8 Å². The van der Waals surface area contributed by atoms with Gasteiger partial charge in [0.1, 0.15) is 6.10 Å². The quantitative estimate of drug-likeness (QED) is 0.754. The van der Waals surface area contributed by atoms with Crippen LogP contribution in [0.1, 0.15) is 6.42 Å². The highest BCUT2D eigenvalue weighted by atomic mass is 16.5. The molecule has 2 aliphatic heterocycles. The third-order valence-electron chi connectivity index (χ3n) is 4.75. The van der Waals surface area contributed by atoms with Gasteiger partial charge in [-0.3, -0.25) is 9.69 Å². The number of carbonyl (C=O) groups is 1. The predicted octanol–water partition coefficient (Wildman–Crippen LogP) is -0.857. The van der Waals surface area contributed by atoms with E-state index in [-0.39, 0.29) is 18.6 Å². The number of rotatable bonds is 4. The molecule has 128 valence electrons. The van der Waals surface area contributed by atoms with Gasteiger partial charge in [0.25, 0.3) is 0 Å². The van der Waals surface area contributed by atoms with E-state index in [1.807, 2.05) is 34.0 Å². The number of hydrogen-bond acceptors (Lipinski definition) is 5. The highest BCUT2D eigenvalue weighted by Gasteiger charge is 2.36. The molecule has 0 unspecified atom stereocenters. The third kappa shape index (κ3) is 3.92. The van der Waals surface area contributed by atoms with Crippen molar-refractivity contribution in [2.24, 2.45) is 0 Å². The van der Waals surface area contributed by atoms with Crippen LogP contribution in [0, 0.1) is 0 Å². The molecule has 1 aromatic rings. The van der Waals surface area contributed by atoms with Crippen LogP contribution in [0.3, 0.4) is 0 Å². The van der Waals surface area contributed by atoms with Crippen molar-refractivity contribution < 1.29 is 19.7 Å². The Morgan fingerprint density at radius 1 is 1.09 bits per heavy atom. The molecular formula is C16H25N3O4. The summed E-state index contributed by atoms with van der Waals surface area (Å²) in [6, 6.07) is 3.72. The minimum atomic E-state index is -0.824. The number of piperazine rings is 1. The van der Waals surface area contributed by atoms with Gasteiger partial charge in [0.05, 0.1) is 25.4 Å². The first-order valence-corrected chi connectivity index (χ1v) is 8.21. The minimum Gasteiger partial charge on any atom is -0.389 e. The topological polar surface area (TPSA) is 78.2 Å². The third-order valence-corrected chi connectivity index (χ3v) is 4.75. The molecule has 23 heavy (non-hydrogen) atoms. The Labute approximate surface area is 136 Å². The van der Waals surface area contributed by atoms with Crippen molar-refractivity contribution in [2.75, 3.05) is 39.4 Å². The van der Waals surface area contributed by atoms with E-state index in [2.05, 4.69) is 4.90 Å². The maximum absolute atomic E-state index is 12.3. The summed E-state index contributed by atoms with van der Waals surface area (Å²) in [5.74, 6) is 0.166. The Morgan fingerprint density at radius 3 is 2.48 bits per heavy atom. The Morgan fingerprint density at radius 2 is 1.78 bits per heavy atom. The summed E-state index contributed by atoms with van der Waals surface area (Å²) in [6.07, 6.45) is 2.82. The lowest BCUT2D eigenvalue weighted by molar-refractivity contribution is -0.145. The van der Waals surface area contributed by atoms with Crippen LogP contribution in [0.4, 0.5) is 0 Å². The minimum absolute atomic E-state index is 0.166. The van der Waals surface area contributed by atoms with E-state index in [1.165, 1.54) is 0 Å². The molecule has 0 saturated carbocycles. The molecule has 1 aromatic heterocycles. The summed E-state index contributed by atoms with van der Waals surface area (Å²) in [5.41, 5.74) is 0. The first kappa shape index (κ1) is 16.4. The number of aryl methyl sites for hydroxylation is 1. The van der Waals surface area contributed by atoms with Gasteiger partial charge in [-0.25, -0.2) is 0 Å². The fourth-order valence-electron chi connectivity index (χ4n) is 3.29. The van der Waals surface area contributed by atoms with Crippen LogP contribution < -0.4 is 0 Å². The Kier molecular flexibility index (Phi) is 5.32. The van der Waals surface area contributed by atoms with Crippen molar-refractivity contribution in [1.82, 2.24) is 14.4 Å². The summed E-state index contributed by atoms with van der Waals surface area (Å²) in [4.78, 5) is 16.3. The molecule has 2 saturated heterocycles. The normalized spacial score (nSPS) is 29.7. The van der Waals surface area contributed by atoms with Crippen LogP contribution >= 0.6 is 0 Å². The average Bonchev–Trinajstić information content (AvgIpc) is 3.09. The number of hydrogen-bond donors (Lipinski definition) is 2. The van der Waals surface area contributed by atoms with Crippen LogP contribution in [0.15, 0.2) is 24.5 Å². The zero-order chi connectivity index (χ0) is 16.2. The van der Waals surface area contributed by atoms with Crippen LogP contribution in [0.5, 0.6) is 0 Å². The Balaban J connectivity index is 1.45. The van der Waals surface area contributed by atoms with E-state index < -0.39 is 12.2 Å². The van der Waals surface area contributed by atoms with Crippen LogP contribution in [-0.2, 0) is 16.1 Å². The second-order valence-electron chi connectivity index (χ2n) is 6.25. The van der Waals surface area contributed by atoms with Gasteiger partial charge >= 0.3 is 0 Å². The van der Waals surface area contributed by atoms with E-state index in [1.54, 1.807) is 0 Å². The molecule has 0 aromatic carbocycles. The van der Waals surface area contributed by atoms with Crippen molar-refractivity contribution in [1.29, 1.82) is 0 Å². The van der Waals surface area contributed by atoms with Crippen molar-refractivity contribution >= 4 is 5.91 Å². The van der Waals surface area contributed by atoms with Crippen LogP contribution in [0.25, 0.3) is 0 Å². The summed E-state index contributed by atoms with van der Waals surface area (Å²) < 4.78 is 7.34. The molecule has 0 radical (unpaired) electrons. The lowest BCUT2D eigenvalue weighted by Crippen LogP contribution is -2.60. The fraction of sp³-hybridized carbons (Fsp3) is 0.688. The second-order valence-corrected chi connectivity index (χ2v) is 6.25. The Hall–Kier alpha value is -1.41. The molecule has 2 fully saturated rings. The first-order valence-electron chi connectivity index (χ1n) is 8.21. The number of aromatic nitrogens is 1. The molecular weight excluding hydrogens is 298 g/mol. The maximum Gasteiger partial charge on any atom is 0.224 e. The van der Waals surface area contributed by atoms with Crippen molar-refractivity contribution in [3.8, 4) is 0 Å². The number of carbonyl (C=O) groups excluding carboxylic acids is 1. The van der Waals surface area contributed by atoms with E-state index >= 15 is 0 Å². The SMILES string of the molecule is O=C(CCn1cccc1)N1CCN([C@@H]2COC[C@@H](O)[C@H]2O)CC1. The van der Waals surface area contributed by atoms with Crippen molar-refractivity contribution in [3.05, 3.63) is 24.5 Å². The molecule has 3 atom stereocenters. The van der Waals surface area contributed by atoms with Crippen molar-refractivity contribution in [2.45, 2.75) is 31.2 Å². The van der Waals surface area contributed by atoms with Gasteiger partial charge in [0.2, 0.25) is 5.91 Å². The van der Waals surface area contributed by atoms with E-state index in [0.717, 1.165) is 0 Å². The summed E-state index contributed by atoms with van der Waals surface area (Å²) in [7, 11) is 0. The molecule has 2 N–H and O–H groups in total. The highest BCUT2D eigenvalue weighted by Crippen LogP contribution is 2.17. The first-order chi connectivity index (χ1) is 11.1. The zero-order valence-electron chi connectivity index (χ0n) is 13.3. The fourth-order valence-corrected chi connectivity index (χ4v) is 3.29. The molecule has 0 bridgehead atoms. The largest absolute Gasteiger partial charge is 0.389 e. The molecule has 7 nitrogen and oxygen atoms in total. The molecule has 3 heterocycles. The molecule has 7 heteroatoms. The number of ether oxygens (including phenoxy) is 1. The number of nitrogens with zero attached hydrogens (tertiary/aromatic N) is 3. The summed E-state index contributed by atoms with van der Waals surface area (Å²) >= 11 is 0. The molecule has 0 spiro atoms. The van der Waals surface area contributed by atoms with Gasteiger partial charge in [-0.1, -0.05) is 0 Å². The van der Waals surface area contributed by atoms with Crippen LogP contribution in [0.2, 0.25) is 0 Å². The standard InChI is InChI=1S/C16H25N3O4/c20-14-12-23-11-13(16(14)22)18-7-9-19(10-8-18)15(21)3-6-17-4-1-2-5-17/h1-2,4-5,13-14,16,20,22H,3,6-12H2/t13-,14-,16+/m1/s1. The lowest BCUT2D eigenvalue weighted by atomic mass is 10.0. The van der Waals surface area contributed by atoms with Gasteiger partial charge in [-0.05, 0) is 12.1 Å². The smallest absolute Gasteiger partial charge is 0.224 e. The average molecular weight is 323 g/mol. The predicted molar refractivity (Wildman–Crippen MR) is 83.8 cm³/mol. The second kappa shape index (κ2) is 7.44. The maximum atomic E-state index is 12.3. The van der Waals surface area contributed by atoms with Gasteiger partial charge in [-0.15, -0.1) is 0 Å². The molecule has 2 aliphatic rings. The Bertz CT molecular complexity index is 499. The number of amides is 1. The van der Waals surface area contributed by atoms with E-state index in [9.17, 15) is 15.0 Å². The zero-order valence-corrected chi connectivity index (χ0v) is 13.3. The highest BCUT2D eigenvalue weighted by molar-refractivity contribution is 5.76. The van der Waals surface area contributed by atoms with Gasteiger partial charge in [0, 0.05) is 51.5 Å².